The van der Waals surface area contributed by atoms with Gasteiger partial charge in [-0.15, -0.1) is 0 Å². The van der Waals surface area contributed by atoms with E-state index in [0.29, 0.717) is 29.4 Å². The molecule has 2 aliphatic rings. The number of carboxylic acid groups (broad SMARTS) is 2. The van der Waals surface area contributed by atoms with Gasteiger partial charge in [0.25, 0.3) is 0 Å². The van der Waals surface area contributed by atoms with E-state index < -0.39 is 17.9 Å². The van der Waals surface area contributed by atoms with E-state index in [2.05, 4.69) is 0 Å². The molecule has 2 heterocycles. The molecule has 0 saturated carbocycles. The smallest absolute Gasteiger partial charge is 0.307 e. The Morgan fingerprint density at radius 1 is 0.800 bits per heavy atom. The standard InChI is InChI=1S/C22H22O8/c23-21(24)6-3-15(7-13-1-4-17-19(9-13)29-11-27-17)16(22(25)26)8-14-2-5-18-20(10-14)30-12-28-18/h1-2,4-5,9-10,15-16H,3,6-8,11-12H2,(H,23,24)(H,25,26)/t15-,16-/m0/s1. The molecule has 0 fully saturated rings. The van der Waals surface area contributed by atoms with E-state index >= 15 is 0 Å². The SMILES string of the molecule is O=C(O)CC[C@@H](Cc1ccc2c(c1)OCO2)[C@H](Cc1ccc2c(c1)OCO2)C(=O)O. The number of carboxylic acids is 2. The van der Waals surface area contributed by atoms with Crippen LogP contribution in [0.25, 0.3) is 0 Å². The predicted octanol–water partition coefficient (Wildman–Crippen LogP) is 3.11. The van der Waals surface area contributed by atoms with Crippen LogP contribution in [0.4, 0.5) is 0 Å². The second-order valence-electron chi connectivity index (χ2n) is 7.42. The summed E-state index contributed by atoms with van der Waals surface area (Å²) in [6.45, 7) is 0.301. The van der Waals surface area contributed by atoms with Gasteiger partial charge in [0.1, 0.15) is 0 Å². The molecule has 2 aromatic rings. The highest BCUT2D eigenvalue weighted by molar-refractivity contribution is 5.71. The lowest BCUT2D eigenvalue weighted by molar-refractivity contribution is -0.145. The van der Waals surface area contributed by atoms with Crippen LogP contribution in [0.1, 0.15) is 24.0 Å². The van der Waals surface area contributed by atoms with Crippen LogP contribution in [0, 0.1) is 11.8 Å². The van der Waals surface area contributed by atoms with Crippen LogP contribution in [0.15, 0.2) is 36.4 Å². The monoisotopic (exact) mass is 414 g/mol. The number of carbonyl (C=O) groups is 2. The van der Waals surface area contributed by atoms with Crippen molar-refractivity contribution in [2.45, 2.75) is 25.7 Å². The number of aliphatic carboxylic acids is 2. The zero-order valence-corrected chi connectivity index (χ0v) is 16.2. The molecule has 0 aromatic heterocycles. The average molecular weight is 414 g/mol. The third-order valence-electron chi connectivity index (χ3n) is 5.44. The summed E-state index contributed by atoms with van der Waals surface area (Å²) in [5.74, 6) is -0.535. The third kappa shape index (κ3) is 4.42. The first-order chi connectivity index (χ1) is 14.5. The first-order valence-corrected chi connectivity index (χ1v) is 9.71. The first-order valence-electron chi connectivity index (χ1n) is 9.71. The second-order valence-corrected chi connectivity index (χ2v) is 7.42. The van der Waals surface area contributed by atoms with Crippen molar-refractivity contribution >= 4 is 11.9 Å². The largest absolute Gasteiger partial charge is 0.481 e. The van der Waals surface area contributed by atoms with E-state index in [1.165, 1.54) is 0 Å². The zero-order chi connectivity index (χ0) is 21.1. The molecule has 0 unspecified atom stereocenters. The van der Waals surface area contributed by atoms with E-state index in [9.17, 15) is 14.7 Å². The molecule has 2 N–H and O–H groups in total. The summed E-state index contributed by atoms with van der Waals surface area (Å²) in [5, 5.41) is 19.1. The van der Waals surface area contributed by atoms with E-state index in [-0.39, 0.29) is 38.8 Å². The maximum absolute atomic E-state index is 12.2. The summed E-state index contributed by atoms with van der Waals surface area (Å²) in [7, 11) is 0. The van der Waals surface area contributed by atoms with E-state index in [4.69, 9.17) is 24.1 Å². The molecule has 0 bridgehead atoms. The first kappa shape index (κ1) is 19.9. The van der Waals surface area contributed by atoms with Crippen LogP contribution >= 0.6 is 0 Å². The molecule has 2 aromatic carbocycles. The summed E-state index contributed by atoms with van der Waals surface area (Å²) < 4.78 is 21.4. The summed E-state index contributed by atoms with van der Waals surface area (Å²) in [5.41, 5.74) is 1.68. The summed E-state index contributed by atoms with van der Waals surface area (Å²) in [6, 6.07) is 10.8. The van der Waals surface area contributed by atoms with Gasteiger partial charge < -0.3 is 29.2 Å². The maximum Gasteiger partial charge on any atom is 0.307 e. The predicted molar refractivity (Wildman–Crippen MR) is 104 cm³/mol. The fraction of sp³-hybridized carbons (Fsp3) is 0.364. The maximum atomic E-state index is 12.2. The van der Waals surface area contributed by atoms with Crippen molar-refractivity contribution in [2.24, 2.45) is 11.8 Å². The lowest BCUT2D eigenvalue weighted by Gasteiger charge is -2.24. The van der Waals surface area contributed by atoms with Gasteiger partial charge in [-0.25, -0.2) is 0 Å². The molecule has 2 aliphatic heterocycles. The lowest BCUT2D eigenvalue weighted by atomic mass is 9.80. The number of fused-ring (bicyclic) bond motifs is 2. The van der Waals surface area contributed by atoms with Gasteiger partial charge in [0.2, 0.25) is 13.6 Å². The van der Waals surface area contributed by atoms with Crippen LogP contribution in [0.2, 0.25) is 0 Å². The van der Waals surface area contributed by atoms with Crippen molar-refractivity contribution in [1.29, 1.82) is 0 Å². The molecule has 158 valence electrons. The summed E-state index contributed by atoms with van der Waals surface area (Å²) in [4.78, 5) is 23.3. The summed E-state index contributed by atoms with van der Waals surface area (Å²) >= 11 is 0. The third-order valence-corrected chi connectivity index (χ3v) is 5.44. The van der Waals surface area contributed by atoms with Crippen molar-refractivity contribution < 1.29 is 38.7 Å². The normalized spacial score (nSPS) is 15.6. The zero-order valence-electron chi connectivity index (χ0n) is 16.2. The Morgan fingerprint density at radius 3 is 1.87 bits per heavy atom. The topological polar surface area (TPSA) is 112 Å². The van der Waals surface area contributed by atoms with Crippen LogP contribution in [0.5, 0.6) is 23.0 Å². The minimum absolute atomic E-state index is 0.0971. The Hall–Kier alpha value is -3.42. The molecule has 8 nitrogen and oxygen atoms in total. The Bertz CT molecular complexity index is 954. The Labute approximate surface area is 172 Å². The fourth-order valence-electron chi connectivity index (χ4n) is 3.90. The second kappa shape index (κ2) is 8.52. The van der Waals surface area contributed by atoms with E-state index in [0.717, 1.165) is 11.1 Å². The van der Waals surface area contributed by atoms with Crippen LogP contribution in [-0.4, -0.2) is 35.7 Å². The molecule has 0 aliphatic carbocycles. The van der Waals surface area contributed by atoms with Gasteiger partial charge >= 0.3 is 11.9 Å². The van der Waals surface area contributed by atoms with Gasteiger partial charge in [0, 0.05) is 6.42 Å². The Balaban J connectivity index is 1.56. The molecular formula is C22H22O8. The molecule has 0 saturated heterocycles. The van der Waals surface area contributed by atoms with Crippen LogP contribution in [0.3, 0.4) is 0 Å². The summed E-state index contributed by atoms with van der Waals surface area (Å²) in [6.07, 6.45) is 0.845. The number of hydrogen-bond donors (Lipinski definition) is 2. The molecular weight excluding hydrogens is 392 g/mol. The van der Waals surface area contributed by atoms with Gasteiger partial charge in [0.15, 0.2) is 23.0 Å². The number of rotatable bonds is 9. The van der Waals surface area contributed by atoms with Gasteiger partial charge in [-0.2, -0.15) is 0 Å². The minimum atomic E-state index is -0.955. The Morgan fingerprint density at radius 2 is 1.33 bits per heavy atom. The lowest BCUT2D eigenvalue weighted by Crippen LogP contribution is -2.28. The average Bonchev–Trinajstić information content (AvgIpc) is 3.37. The molecule has 4 rings (SSSR count). The van der Waals surface area contributed by atoms with Crippen molar-refractivity contribution in [3.8, 4) is 23.0 Å². The number of hydrogen-bond acceptors (Lipinski definition) is 6. The quantitative estimate of drug-likeness (QED) is 0.644. The van der Waals surface area contributed by atoms with Crippen molar-refractivity contribution in [1.82, 2.24) is 0 Å². The highest BCUT2D eigenvalue weighted by Crippen LogP contribution is 2.36. The van der Waals surface area contributed by atoms with Crippen molar-refractivity contribution in [2.75, 3.05) is 13.6 Å². The van der Waals surface area contributed by atoms with E-state index in [1.54, 1.807) is 18.2 Å². The number of benzene rings is 2. The van der Waals surface area contributed by atoms with Crippen molar-refractivity contribution in [3.05, 3.63) is 47.5 Å². The van der Waals surface area contributed by atoms with Gasteiger partial charge in [-0.1, -0.05) is 12.1 Å². The van der Waals surface area contributed by atoms with Gasteiger partial charge in [-0.3, -0.25) is 9.59 Å². The van der Waals surface area contributed by atoms with Crippen LogP contribution < -0.4 is 18.9 Å². The molecule has 2 atom stereocenters. The molecule has 0 spiro atoms. The highest BCUT2D eigenvalue weighted by Gasteiger charge is 2.30. The Kier molecular flexibility index (Phi) is 5.65. The molecule has 30 heavy (non-hydrogen) atoms. The van der Waals surface area contributed by atoms with Gasteiger partial charge in [-0.05, 0) is 60.6 Å². The molecule has 8 heteroatoms. The van der Waals surface area contributed by atoms with Crippen molar-refractivity contribution in [3.63, 3.8) is 0 Å². The van der Waals surface area contributed by atoms with E-state index in [1.807, 2.05) is 18.2 Å². The molecule has 0 amide bonds. The fourth-order valence-corrected chi connectivity index (χ4v) is 3.90. The number of ether oxygens (including phenoxy) is 4. The highest BCUT2D eigenvalue weighted by atomic mass is 16.7. The minimum Gasteiger partial charge on any atom is -0.481 e. The van der Waals surface area contributed by atoms with Gasteiger partial charge in [0.05, 0.1) is 5.92 Å². The molecule has 0 radical (unpaired) electrons. The van der Waals surface area contributed by atoms with Crippen LogP contribution in [-0.2, 0) is 22.4 Å².